The van der Waals surface area contributed by atoms with Gasteiger partial charge in [0.2, 0.25) is 0 Å². The first-order valence-corrected chi connectivity index (χ1v) is 12.3. The molecule has 2 aliphatic carbocycles. The van der Waals surface area contributed by atoms with Gasteiger partial charge in [0.05, 0.1) is 31.3 Å². The molecule has 2 saturated carbocycles. The first kappa shape index (κ1) is 25.4. The molecule has 6 nitrogen and oxygen atoms in total. The zero-order valence-electron chi connectivity index (χ0n) is 19.1. The number of unbranched alkanes of at least 4 members (excludes halogenated alkanes) is 6. The van der Waals surface area contributed by atoms with E-state index in [2.05, 4.69) is 13.8 Å². The van der Waals surface area contributed by atoms with Crippen LogP contribution in [0.3, 0.4) is 0 Å². The van der Waals surface area contributed by atoms with Crippen molar-refractivity contribution in [2.24, 2.45) is 11.3 Å². The summed E-state index contributed by atoms with van der Waals surface area (Å²) in [6.07, 6.45) is 12.4. The molecule has 0 saturated heterocycles. The second-order valence-electron chi connectivity index (χ2n) is 8.83. The van der Waals surface area contributed by atoms with E-state index in [4.69, 9.17) is 19.6 Å². The van der Waals surface area contributed by atoms with Crippen LogP contribution in [-0.2, 0) is 29.1 Å². The average molecular weight is 427 g/mol. The molecule has 0 bridgehead atoms. The first-order valence-electron chi connectivity index (χ1n) is 12.3. The second kappa shape index (κ2) is 14.3. The monoisotopic (exact) mass is 426 g/mol. The summed E-state index contributed by atoms with van der Waals surface area (Å²) in [7, 11) is 0. The van der Waals surface area contributed by atoms with Crippen molar-refractivity contribution >= 4 is 11.6 Å². The van der Waals surface area contributed by atoms with Crippen molar-refractivity contribution in [2.45, 2.75) is 110 Å². The van der Waals surface area contributed by atoms with Crippen LogP contribution < -0.4 is 0 Å². The van der Waals surface area contributed by atoms with Gasteiger partial charge in [0, 0.05) is 18.8 Å². The maximum Gasteiger partial charge on any atom is 0.147 e. The van der Waals surface area contributed by atoms with Crippen molar-refractivity contribution in [3.63, 3.8) is 0 Å². The summed E-state index contributed by atoms with van der Waals surface area (Å²) in [6.45, 7) is 6.13. The fourth-order valence-electron chi connectivity index (χ4n) is 4.70. The molecule has 1 spiro atoms. The molecule has 6 heteroatoms. The number of Topliss-reactive ketones (excluding diaryl/α,β-unsaturated/α-hetero) is 2. The van der Waals surface area contributed by atoms with Crippen LogP contribution in [0.25, 0.3) is 0 Å². The van der Waals surface area contributed by atoms with Crippen molar-refractivity contribution < 1.29 is 29.1 Å². The van der Waals surface area contributed by atoms with Crippen LogP contribution in [0.1, 0.15) is 104 Å². The summed E-state index contributed by atoms with van der Waals surface area (Å²) < 4.78 is 0. The molecule has 0 N–H and O–H groups in total. The largest absolute Gasteiger partial charge is 0.299 e. The molecule has 30 heavy (non-hydrogen) atoms. The quantitative estimate of drug-likeness (QED) is 0.124. The molecule has 2 atom stereocenters. The normalized spacial score (nSPS) is 21.3. The molecule has 2 aliphatic rings. The van der Waals surface area contributed by atoms with Gasteiger partial charge in [0.15, 0.2) is 0 Å². The Kier molecular flexibility index (Phi) is 12.1. The summed E-state index contributed by atoms with van der Waals surface area (Å²) in [5.41, 5.74) is -0.771. The molecule has 0 radical (unpaired) electrons. The number of hydrogen-bond acceptors (Lipinski definition) is 6. The van der Waals surface area contributed by atoms with E-state index in [1.807, 2.05) is 0 Å². The lowest BCUT2D eigenvalue weighted by Crippen LogP contribution is -2.54. The second-order valence-corrected chi connectivity index (χ2v) is 8.83. The van der Waals surface area contributed by atoms with Crippen LogP contribution >= 0.6 is 0 Å². The van der Waals surface area contributed by atoms with Crippen LogP contribution in [0.5, 0.6) is 0 Å². The molecule has 0 aliphatic heterocycles. The van der Waals surface area contributed by atoms with Crippen LogP contribution in [0.15, 0.2) is 0 Å². The minimum absolute atomic E-state index is 0.0238. The lowest BCUT2D eigenvalue weighted by atomic mass is 9.55. The van der Waals surface area contributed by atoms with Crippen LogP contribution in [0.2, 0.25) is 0 Å². The Morgan fingerprint density at radius 1 is 0.800 bits per heavy atom. The van der Waals surface area contributed by atoms with Crippen molar-refractivity contribution in [3.8, 4) is 0 Å². The Labute approximate surface area is 182 Å². The molecule has 2 rings (SSSR count). The highest BCUT2D eigenvalue weighted by Gasteiger charge is 2.62. The molecule has 174 valence electrons. The molecule has 0 heterocycles. The predicted octanol–water partition coefficient (Wildman–Crippen LogP) is 5.52. The summed E-state index contributed by atoms with van der Waals surface area (Å²) in [5.74, 6) is 0.221. The van der Waals surface area contributed by atoms with Crippen LogP contribution in [-0.4, -0.2) is 37.5 Å². The van der Waals surface area contributed by atoms with E-state index in [1.54, 1.807) is 0 Å². The van der Waals surface area contributed by atoms with Gasteiger partial charge in [-0.05, 0) is 38.5 Å². The van der Waals surface area contributed by atoms with E-state index >= 15 is 0 Å². The maximum absolute atomic E-state index is 12.5. The first-order chi connectivity index (χ1) is 14.7. The van der Waals surface area contributed by atoms with Crippen molar-refractivity contribution in [1.29, 1.82) is 0 Å². The van der Waals surface area contributed by atoms with E-state index in [1.165, 1.54) is 12.8 Å². The zero-order chi connectivity index (χ0) is 21.7. The van der Waals surface area contributed by atoms with Gasteiger partial charge >= 0.3 is 0 Å². The van der Waals surface area contributed by atoms with Gasteiger partial charge in [0.25, 0.3) is 0 Å². The standard InChI is InChI=1S/C24H42O6/c1-3-5-9-17-27-28-18-11-7-8-12-21(30-29-19-10-6-4-2)20-15-16-24(20)22(25)13-14-23(24)26/h20-21H,3-19H2,1-2H3. The van der Waals surface area contributed by atoms with E-state index in [0.29, 0.717) is 39.1 Å². The highest BCUT2D eigenvalue weighted by molar-refractivity contribution is 6.14. The molecular weight excluding hydrogens is 384 g/mol. The number of rotatable bonds is 18. The van der Waals surface area contributed by atoms with E-state index < -0.39 is 5.41 Å². The van der Waals surface area contributed by atoms with Crippen LogP contribution in [0.4, 0.5) is 0 Å². The highest BCUT2D eigenvalue weighted by Crippen LogP contribution is 2.55. The van der Waals surface area contributed by atoms with Gasteiger partial charge in [0.1, 0.15) is 11.6 Å². The van der Waals surface area contributed by atoms with E-state index in [9.17, 15) is 9.59 Å². The smallest absolute Gasteiger partial charge is 0.147 e. The van der Waals surface area contributed by atoms with Crippen molar-refractivity contribution in [3.05, 3.63) is 0 Å². The topological polar surface area (TPSA) is 71.1 Å². The van der Waals surface area contributed by atoms with Crippen molar-refractivity contribution in [1.82, 2.24) is 0 Å². The van der Waals surface area contributed by atoms with Gasteiger partial charge in [-0.15, -0.1) is 0 Å². The third-order valence-corrected chi connectivity index (χ3v) is 6.66. The Bertz CT molecular complexity index is 490. The number of carbonyl (C=O) groups excluding carboxylic acids is 2. The third kappa shape index (κ3) is 7.11. The number of carbonyl (C=O) groups is 2. The number of hydrogen-bond donors (Lipinski definition) is 0. The molecule has 0 aromatic rings. The van der Waals surface area contributed by atoms with Crippen molar-refractivity contribution in [2.75, 3.05) is 19.8 Å². The van der Waals surface area contributed by atoms with Gasteiger partial charge in [-0.1, -0.05) is 52.4 Å². The van der Waals surface area contributed by atoms with Crippen LogP contribution in [0, 0.1) is 11.3 Å². The maximum atomic E-state index is 12.5. The van der Waals surface area contributed by atoms with Gasteiger partial charge in [-0.2, -0.15) is 0 Å². The number of ketones is 2. The van der Waals surface area contributed by atoms with Gasteiger partial charge in [-0.25, -0.2) is 19.6 Å². The summed E-state index contributed by atoms with van der Waals surface area (Å²) in [5, 5.41) is 0. The lowest BCUT2D eigenvalue weighted by Gasteiger charge is -2.47. The fraction of sp³-hybridized carbons (Fsp3) is 0.917. The van der Waals surface area contributed by atoms with E-state index in [0.717, 1.165) is 57.8 Å². The fourth-order valence-corrected chi connectivity index (χ4v) is 4.70. The SMILES string of the molecule is CCCCCOOCCCCCC(OOCCCCC)C1CCC12C(=O)CCC2=O. The Balaban J connectivity index is 1.71. The predicted molar refractivity (Wildman–Crippen MR) is 115 cm³/mol. The molecule has 0 amide bonds. The van der Waals surface area contributed by atoms with Gasteiger partial charge in [-0.3, -0.25) is 9.59 Å². The average Bonchev–Trinajstić information content (AvgIpc) is 3.04. The minimum atomic E-state index is -0.771. The minimum Gasteiger partial charge on any atom is -0.299 e. The summed E-state index contributed by atoms with van der Waals surface area (Å²) in [6, 6.07) is 0. The Morgan fingerprint density at radius 2 is 1.37 bits per heavy atom. The van der Waals surface area contributed by atoms with Gasteiger partial charge < -0.3 is 0 Å². The molecule has 2 unspecified atom stereocenters. The zero-order valence-corrected chi connectivity index (χ0v) is 19.1. The Morgan fingerprint density at radius 3 is 1.90 bits per heavy atom. The highest BCUT2D eigenvalue weighted by atomic mass is 17.2. The summed E-state index contributed by atoms with van der Waals surface area (Å²) >= 11 is 0. The summed E-state index contributed by atoms with van der Waals surface area (Å²) in [4.78, 5) is 46.7. The Hall–Kier alpha value is -0.820. The third-order valence-electron chi connectivity index (χ3n) is 6.66. The lowest BCUT2D eigenvalue weighted by molar-refractivity contribution is -0.344. The molecular formula is C24H42O6. The van der Waals surface area contributed by atoms with E-state index in [-0.39, 0.29) is 23.6 Å². The molecule has 2 fully saturated rings. The molecule has 0 aromatic heterocycles. The molecule has 0 aromatic carbocycles.